The first-order chi connectivity index (χ1) is 8.54. The molecule has 0 aromatic carbocycles. The Kier molecular flexibility index (Phi) is 3.36. The molecule has 1 saturated heterocycles. The number of thiazole rings is 1. The number of likely N-dealkylation sites (tertiary alicyclic amines) is 1. The molecule has 0 radical (unpaired) electrons. The molecule has 1 N–H and O–H groups in total. The van der Waals surface area contributed by atoms with Crippen molar-refractivity contribution in [2.24, 2.45) is 0 Å². The average molecular weight is 308 g/mol. The van der Waals surface area contributed by atoms with Gasteiger partial charge in [0.15, 0.2) is 8.68 Å². The number of hydrogen-bond donors (Lipinski definition) is 1. The minimum atomic E-state index is -3.46. The van der Waals surface area contributed by atoms with Crippen molar-refractivity contribution < 1.29 is 8.42 Å². The maximum absolute atomic E-state index is 12.1. The number of nitrogens with zero attached hydrogens (tertiary/aromatic N) is 2. The van der Waals surface area contributed by atoms with Crippen LogP contribution < -0.4 is 4.72 Å². The lowest BCUT2D eigenvalue weighted by Gasteiger charge is -2.15. The zero-order chi connectivity index (χ0) is 12.8. The summed E-state index contributed by atoms with van der Waals surface area (Å²) in [6.07, 6.45) is 4.69. The van der Waals surface area contributed by atoms with Gasteiger partial charge in [-0.05, 0) is 19.3 Å². The molecule has 2 heterocycles. The van der Waals surface area contributed by atoms with E-state index in [-0.39, 0.29) is 14.7 Å². The lowest BCUT2D eigenvalue weighted by atomic mass is 10.3. The van der Waals surface area contributed by atoms with Crippen LogP contribution in [-0.4, -0.2) is 43.5 Å². The van der Waals surface area contributed by atoms with Crippen molar-refractivity contribution in [1.82, 2.24) is 14.6 Å². The summed E-state index contributed by atoms with van der Waals surface area (Å²) in [5, 5.41) is 0. The first kappa shape index (κ1) is 12.8. The summed E-state index contributed by atoms with van der Waals surface area (Å²) in [5.41, 5.74) is 0. The predicted molar refractivity (Wildman–Crippen MR) is 70.4 cm³/mol. The third-order valence-corrected chi connectivity index (χ3v) is 6.42. The van der Waals surface area contributed by atoms with E-state index < -0.39 is 10.0 Å². The molecule has 1 atom stereocenters. The minimum Gasteiger partial charge on any atom is -0.299 e. The predicted octanol–water partition coefficient (Wildman–Crippen LogP) is 1.31. The fourth-order valence-corrected chi connectivity index (χ4v) is 4.87. The topological polar surface area (TPSA) is 62.3 Å². The van der Waals surface area contributed by atoms with Crippen LogP contribution in [0.2, 0.25) is 4.47 Å². The second-order valence-electron chi connectivity index (χ2n) is 4.77. The van der Waals surface area contributed by atoms with E-state index >= 15 is 0 Å². The molecule has 3 rings (SSSR count). The summed E-state index contributed by atoms with van der Waals surface area (Å²) in [7, 11) is -3.46. The number of rotatable bonds is 4. The van der Waals surface area contributed by atoms with E-state index in [1.165, 1.54) is 19.0 Å². The van der Waals surface area contributed by atoms with Crippen LogP contribution in [0.4, 0.5) is 0 Å². The van der Waals surface area contributed by atoms with Gasteiger partial charge in [0.2, 0.25) is 0 Å². The minimum absolute atomic E-state index is 0.0106. The first-order valence-corrected chi connectivity index (χ1v) is 8.60. The van der Waals surface area contributed by atoms with Gasteiger partial charge >= 0.3 is 0 Å². The van der Waals surface area contributed by atoms with Gasteiger partial charge in [-0.25, -0.2) is 18.1 Å². The normalized spacial score (nSPS) is 25.7. The van der Waals surface area contributed by atoms with E-state index in [4.69, 9.17) is 11.6 Å². The Morgan fingerprint density at radius 2 is 2.22 bits per heavy atom. The number of halogens is 1. The molecule has 100 valence electrons. The van der Waals surface area contributed by atoms with Crippen molar-refractivity contribution in [3.8, 4) is 0 Å². The van der Waals surface area contributed by atoms with Gasteiger partial charge in [-0.1, -0.05) is 22.9 Å². The van der Waals surface area contributed by atoms with Crippen molar-refractivity contribution in [1.29, 1.82) is 0 Å². The lowest BCUT2D eigenvalue weighted by Crippen LogP contribution is -2.37. The monoisotopic (exact) mass is 307 g/mol. The van der Waals surface area contributed by atoms with Crippen LogP contribution in [0.25, 0.3) is 0 Å². The second kappa shape index (κ2) is 4.72. The fourth-order valence-electron chi connectivity index (χ4n) is 2.30. The molecule has 1 unspecified atom stereocenters. The summed E-state index contributed by atoms with van der Waals surface area (Å²) in [6.45, 7) is 1.80. The Morgan fingerprint density at radius 3 is 2.83 bits per heavy atom. The number of hydrogen-bond acceptors (Lipinski definition) is 5. The highest BCUT2D eigenvalue weighted by molar-refractivity contribution is 7.91. The standard InChI is InChI=1S/C10H14ClN3O2S2/c11-10-12-5-9(17-10)18(15,16)13-7-3-4-14(6-7)8-1-2-8/h5,7-8,13H,1-4,6H2. The number of aromatic nitrogens is 1. The van der Waals surface area contributed by atoms with E-state index in [0.717, 1.165) is 30.8 Å². The molecule has 1 aromatic rings. The summed E-state index contributed by atoms with van der Waals surface area (Å²) >= 11 is 6.65. The molecule has 2 fully saturated rings. The molecule has 2 aliphatic rings. The molecule has 1 saturated carbocycles. The van der Waals surface area contributed by atoms with E-state index in [1.807, 2.05) is 0 Å². The van der Waals surface area contributed by atoms with Crippen LogP contribution >= 0.6 is 22.9 Å². The maximum Gasteiger partial charge on any atom is 0.252 e. The van der Waals surface area contributed by atoms with Gasteiger partial charge in [0.05, 0.1) is 6.20 Å². The van der Waals surface area contributed by atoms with Crippen LogP contribution in [0.5, 0.6) is 0 Å². The Labute approximate surface area is 115 Å². The molecular weight excluding hydrogens is 294 g/mol. The van der Waals surface area contributed by atoms with Gasteiger partial charge in [0, 0.05) is 25.2 Å². The molecule has 5 nitrogen and oxygen atoms in total. The van der Waals surface area contributed by atoms with E-state index in [1.54, 1.807) is 0 Å². The molecular formula is C10H14ClN3O2S2. The van der Waals surface area contributed by atoms with Gasteiger partial charge in [-0.15, -0.1) is 0 Å². The highest BCUT2D eigenvalue weighted by Crippen LogP contribution is 2.30. The van der Waals surface area contributed by atoms with E-state index in [2.05, 4.69) is 14.6 Å². The van der Waals surface area contributed by atoms with Gasteiger partial charge in [0.1, 0.15) is 0 Å². The number of nitrogens with one attached hydrogen (secondary N) is 1. The molecule has 1 aliphatic carbocycles. The molecule has 8 heteroatoms. The maximum atomic E-state index is 12.1. The van der Waals surface area contributed by atoms with Crippen molar-refractivity contribution >= 4 is 33.0 Å². The number of sulfonamides is 1. The Balaban J connectivity index is 1.65. The van der Waals surface area contributed by atoms with Gasteiger partial charge in [0.25, 0.3) is 10.0 Å². The Morgan fingerprint density at radius 1 is 1.44 bits per heavy atom. The van der Waals surface area contributed by atoms with Gasteiger partial charge < -0.3 is 0 Å². The highest BCUT2D eigenvalue weighted by Gasteiger charge is 2.36. The molecule has 0 amide bonds. The molecule has 0 bridgehead atoms. The Bertz CT molecular complexity index is 541. The smallest absolute Gasteiger partial charge is 0.252 e. The van der Waals surface area contributed by atoms with Crippen LogP contribution in [0.1, 0.15) is 19.3 Å². The van der Waals surface area contributed by atoms with Crippen molar-refractivity contribution in [2.45, 2.75) is 35.6 Å². The average Bonchev–Trinajstić information content (AvgIpc) is 2.89. The van der Waals surface area contributed by atoms with Crippen LogP contribution in [0.3, 0.4) is 0 Å². The second-order valence-corrected chi connectivity index (χ2v) is 8.32. The summed E-state index contributed by atoms with van der Waals surface area (Å²) in [4.78, 5) is 6.13. The summed E-state index contributed by atoms with van der Waals surface area (Å²) in [6, 6.07) is 0.703. The summed E-state index contributed by atoms with van der Waals surface area (Å²) in [5.74, 6) is 0. The van der Waals surface area contributed by atoms with E-state index in [0.29, 0.717) is 6.04 Å². The van der Waals surface area contributed by atoms with Crippen LogP contribution in [0.15, 0.2) is 10.4 Å². The largest absolute Gasteiger partial charge is 0.299 e. The van der Waals surface area contributed by atoms with Crippen molar-refractivity contribution in [3.63, 3.8) is 0 Å². The quantitative estimate of drug-likeness (QED) is 0.911. The highest BCUT2D eigenvalue weighted by atomic mass is 35.5. The third kappa shape index (κ3) is 2.70. The Hall–Kier alpha value is -0.210. The lowest BCUT2D eigenvalue weighted by molar-refractivity contribution is 0.322. The zero-order valence-electron chi connectivity index (χ0n) is 9.67. The first-order valence-electron chi connectivity index (χ1n) is 5.92. The molecule has 0 spiro atoms. The van der Waals surface area contributed by atoms with E-state index in [9.17, 15) is 8.42 Å². The third-order valence-electron chi connectivity index (χ3n) is 3.33. The fraction of sp³-hybridized carbons (Fsp3) is 0.700. The zero-order valence-corrected chi connectivity index (χ0v) is 12.1. The van der Waals surface area contributed by atoms with Gasteiger partial charge in [-0.3, -0.25) is 4.90 Å². The molecule has 1 aliphatic heterocycles. The summed E-state index contributed by atoms with van der Waals surface area (Å²) < 4.78 is 27.3. The van der Waals surface area contributed by atoms with Crippen molar-refractivity contribution in [3.05, 3.63) is 10.7 Å². The van der Waals surface area contributed by atoms with Crippen LogP contribution in [-0.2, 0) is 10.0 Å². The molecule has 18 heavy (non-hydrogen) atoms. The molecule has 1 aromatic heterocycles. The van der Waals surface area contributed by atoms with Crippen LogP contribution in [0, 0.1) is 0 Å². The SMILES string of the molecule is O=S(=O)(NC1CCN(C2CC2)C1)c1cnc(Cl)s1. The van der Waals surface area contributed by atoms with Gasteiger partial charge in [-0.2, -0.15) is 0 Å². The van der Waals surface area contributed by atoms with Crippen molar-refractivity contribution in [2.75, 3.05) is 13.1 Å².